The third-order valence-corrected chi connectivity index (χ3v) is 3.61. The molecule has 118 valence electrons. The van der Waals surface area contributed by atoms with Crippen LogP contribution in [-0.4, -0.2) is 39.9 Å². The van der Waals surface area contributed by atoms with Crippen molar-refractivity contribution in [3.05, 3.63) is 17.5 Å². The molecule has 1 aromatic rings. The van der Waals surface area contributed by atoms with Crippen LogP contribution >= 0.6 is 0 Å². The maximum absolute atomic E-state index is 11.7. The Bertz CT molecular complexity index is 473. The second-order valence-corrected chi connectivity index (χ2v) is 5.23. The van der Waals surface area contributed by atoms with Gasteiger partial charge in [0.15, 0.2) is 0 Å². The number of amides is 2. The van der Waals surface area contributed by atoms with Crippen molar-refractivity contribution >= 4 is 12.0 Å². The molecule has 0 aliphatic heterocycles. The molecule has 4 N–H and O–H groups in total. The van der Waals surface area contributed by atoms with E-state index in [2.05, 4.69) is 20.8 Å². The zero-order valence-corrected chi connectivity index (χ0v) is 12.8. The number of hydrogen-bond donors (Lipinski definition) is 4. The maximum Gasteiger partial charge on any atom is 0.326 e. The maximum atomic E-state index is 11.7. The molecule has 0 aromatic carbocycles. The lowest BCUT2D eigenvalue weighted by Crippen LogP contribution is -2.49. The van der Waals surface area contributed by atoms with Gasteiger partial charge in [0.1, 0.15) is 6.04 Å². The van der Waals surface area contributed by atoms with Crippen molar-refractivity contribution in [1.82, 2.24) is 20.8 Å². The Morgan fingerprint density at radius 3 is 2.71 bits per heavy atom. The Balaban J connectivity index is 2.30. The molecular formula is C14H24N4O3. The number of aliphatic carboxylic acids is 1. The van der Waals surface area contributed by atoms with E-state index < -0.39 is 18.0 Å². The first kappa shape index (κ1) is 17.0. The van der Waals surface area contributed by atoms with Gasteiger partial charge in [-0.2, -0.15) is 5.10 Å². The van der Waals surface area contributed by atoms with Crippen molar-refractivity contribution in [2.24, 2.45) is 5.92 Å². The number of carbonyl (C=O) groups excluding carboxylic acids is 1. The first-order valence-corrected chi connectivity index (χ1v) is 7.21. The lowest BCUT2D eigenvalue weighted by atomic mass is 9.99. The van der Waals surface area contributed by atoms with Crippen LogP contribution < -0.4 is 10.6 Å². The van der Waals surface area contributed by atoms with Crippen molar-refractivity contribution in [2.75, 3.05) is 6.54 Å². The summed E-state index contributed by atoms with van der Waals surface area (Å²) < 4.78 is 0. The monoisotopic (exact) mass is 296 g/mol. The molecule has 2 atom stereocenters. The van der Waals surface area contributed by atoms with Gasteiger partial charge in [-0.15, -0.1) is 0 Å². The first-order chi connectivity index (χ1) is 9.95. The van der Waals surface area contributed by atoms with E-state index in [1.807, 2.05) is 13.8 Å². The summed E-state index contributed by atoms with van der Waals surface area (Å²) >= 11 is 0. The van der Waals surface area contributed by atoms with Gasteiger partial charge in [-0.1, -0.05) is 20.3 Å². The number of nitrogens with zero attached hydrogens (tertiary/aromatic N) is 1. The Hall–Kier alpha value is -2.05. The molecule has 0 aliphatic carbocycles. The van der Waals surface area contributed by atoms with Crippen molar-refractivity contribution in [3.8, 4) is 0 Å². The van der Waals surface area contributed by atoms with Gasteiger partial charge in [0, 0.05) is 12.2 Å². The number of carboxylic acid groups (broad SMARTS) is 1. The van der Waals surface area contributed by atoms with E-state index in [1.165, 1.54) is 0 Å². The van der Waals surface area contributed by atoms with E-state index in [0.29, 0.717) is 13.0 Å². The smallest absolute Gasteiger partial charge is 0.326 e. The summed E-state index contributed by atoms with van der Waals surface area (Å²) in [7, 11) is 0. The number of urea groups is 1. The molecule has 2 amide bonds. The second kappa shape index (κ2) is 8.28. The third-order valence-electron chi connectivity index (χ3n) is 3.61. The fourth-order valence-electron chi connectivity index (χ4n) is 1.98. The van der Waals surface area contributed by atoms with Gasteiger partial charge in [-0.05, 0) is 31.2 Å². The molecule has 21 heavy (non-hydrogen) atoms. The molecule has 0 bridgehead atoms. The molecule has 7 nitrogen and oxygen atoms in total. The number of H-pyrrole nitrogens is 1. The van der Waals surface area contributed by atoms with Gasteiger partial charge in [-0.3, -0.25) is 5.10 Å². The van der Waals surface area contributed by atoms with Gasteiger partial charge >= 0.3 is 12.0 Å². The van der Waals surface area contributed by atoms with Crippen LogP contribution in [0.1, 0.15) is 37.9 Å². The largest absolute Gasteiger partial charge is 0.480 e. The normalized spacial score (nSPS) is 13.5. The van der Waals surface area contributed by atoms with Crippen LogP contribution in [0.3, 0.4) is 0 Å². The molecule has 1 heterocycles. The van der Waals surface area contributed by atoms with E-state index in [9.17, 15) is 9.59 Å². The summed E-state index contributed by atoms with van der Waals surface area (Å²) in [6.07, 6.45) is 4.06. The zero-order valence-electron chi connectivity index (χ0n) is 12.8. The highest BCUT2D eigenvalue weighted by molar-refractivity contribution is 5.82. The number of rotatable bonds is 8. The Kier molecular flexibility index (Phi) is 6.71. The number of hydrogen-bond acceptors (Lipinski definition) is 3. The molecule has 0 fully saturated rings. The lowest BCUT2D eigenvalue weighted by Gasteiger charge is -2.20. The average molecular weight is 296 g/mol. The van der Waals surface area contributed by atoms with E-state index in [-0.39, 0.29) is 5.92 Å². The SMILES string of the molecule is CCC(C)C(NC(=O)NCCCc1cn[nH]c1C)C(=O)O. The molecule has 0 aliphatic rings. The highest BCUT2D eigenvalue weighted by Crippen LogP contribution is 2.08. The number of aromatic amines is 1. The van der Waals surface area contributed by atoms with Crippen LogP contribution in [0.2, 0.25) is 0 Å². The summed E-state index contributed by atoms with van der Waals surface area (Å²) in [6, 6.07) is -1.29. The summed E-state index contributed by atoms with van der Waals surface area (Å²) in [6.45, 7) is 6.14. The molecule has 1 rings (SSSR count). The van der Waals surface area contributed by atoms with Crippen LogP contribution in [0.15, 0.2) is 6.20 Å². The highest BCUT2D eigenvalue weighted by Gasteiger charge is 2.24. The molecule has 0 saturated heterocycles. The zero-order chi connectivity index (χ0) is 15.8. The Labute approximate surface area is 124 Å². The van der Waals surface area contributed by atoms with Gasteiger partial charge in [-0.25, -0.2) is 9.59 Å². The molecule has 7 heteroatoms. The minimum absolute atomic E-state index is 0.109. The van der Waals surface area contributed by atoms with Gasteiger partial charge in [0.2, 0.25) is 0 Å². The average Bonchev–Trinajstić information content (AvgIpc) is 2.85. The molecule has 1 aromatic heterocycles. The summed E-state index contributed by atoms with van der Waals surface area (Å²) in [5.74, 6) is -1.12. The molecule has 0 saturated carbocycles. The quantitative estimate of drug-likeness (QED) is 0.545. The summed E-state index contributed by atoms with van der Waals surface area (Å²) in [4.78, 5) is 22.8. The van der Waals surface area contributed by atoms with Crippen molar-refractivity contribution < 1.29 is 14.7 Å². The fraction of sp³-hybridized carbons (Fsp3) is 0.643. The first-order valence-electron chi connectivity index (χ1n) is 7.21. The lowest BCUT2D eigenvalue weighted by molar-refractivity contribution is -0.140. The number of aryl methyl sites for hydroxylation is 2. The number of carboxylic acids is 1. The van der Waals surface area contributed by atoms with Crippen LogP contribution in [-0.2, 0) is 11.2 Å². The van der Waals surface area contributed by atoms with E-state index in [1.54, 1.807) is 13.1 Å². The third kappa shape index (κ3) is 5.45. The Morgan fingerprint density at radius 2 is 2.19 bits per heavy atom. The summed E-state index contributed by atoms with van der Waals surface area (Å²) in [5.41, 5.74) is 2.15. The van der Waals surface area contributed by atoms with E-state index in [0.717, 1.165) is 24.1 Å². The Morgan fingerprint density at radius 1 is 1.48 bits per heavy atom. The van der Waals surface area contributed by atoms with E-state index in [4.69, 9.17) is 5.11 Å². The molecule has 2 unspecified atom stereocenters. The van der Waals surface area contributed by atoms with Crippen molar-refractivity contribution in [2.45, 2.75) is 46.1 Å². The predicted octanol–water partition coefficient (Wildman–Crippen LogP) is 1.45. The van der Waals surface area contributed by atoms with Crippen molar-refractivity contribution in [3.63, 3.8) is 0 Å². The van der Waals surface area contributed by atoms with Crippen molar-refractivity contribution in [1.29, 1.82) is 0 Å². The van der Waals surface area contributed by atoms with Gasteiger partial charge < -0.3 is 15.7 Å². The minimum atomic E-state index is -1.01. The molecular weight excluding hydrogens is 272 g/mol. The van der Waals surface area contributed by atoms with E-state index >= 15 is 0 Å². The minimum Gasteiger partial charge on any atom is -0.480 e. The predicted molar refractivity (Wildman–Crippen MR) is 79.1 cm³/mol. The topological polar surface area (TPSA) is 107 Å². The standard InChI is InChI=1S/C14H24N4O3/c1-4-9(2)12(13(19)20)17-14(21)15-7-5-6-11-8-16-18-10(11)3/h8-9,12H,4-7H2,1-3H3,(H,16,18)(H,19,20)(H2,15,17,21). The highest BCUT2D eigenvalue weighted by atomic mass is 16.4. The van der Waals surface area contributed by atoms with Gasteiger partial charge in [0.25, 0.3) is 0 Å². The van der Waals surface area contributed by atoms with Crippen LogP contribution in [0.25, 0.3) is 0 Å². The second-order valence-electron chi connectivity index (χ2n) is 5.23. The van der Waals surface area contributed by atoms with Crippen LogP contribution in [0, 0.1) is 12.8 Å². The fourth-order valence-corrected chi connectivity index (χ4v) is 1.98. The molecule has 0 spiro atoms. The summed E-state index contributed by atoms with van der Waals surface area (Å²) in [5, 5.41) is 21.1. The number of carbonyl (C=O) groups is 2. The van der Waals surface area contributed by atoms with Crippen LogP contribution in [0.4, 0.5) is 4.79 Å². The molecule has 0 radical (unpaired) electrons. The van der Waals surface area contributed by atoms with Crippen LogP contribution in [0.5, 0.6) is 0 Å². The van der Waals surface area contributed by atoms with Gasteiger partial charge in [0.05, 0.1) is 6.20 Å². The number of aromatic nitrogens is 2. The number of nitrogens with one attached hydrogen (secondary N) is 3.